The maximum absolute atomic E-state index is 13.7. The van der Waals surface area contributed by atoms with E-state index in [1.807, 2.05) is 6.07 Å². The Bertz CT molecular complexity index is 1230. The van der Waals surface area contributed by atoms with E-state index >= 15 is 0 Å². The number of likely N-dealkylation sites (tertiary alicyclic amines) is 2. The van der Waals surface area contributed by atoms with E-state index in [1.165, 1.54) is 55.7 Å². The average Bonchev–Trinajstić information content (AvgIpc) is 3.54. The van der Waals surface area contributed by atoms with Crippen LogP contribution in [0, 0.1) is 28.4 Å². The lowest BCUT2D eigenvalue weighted by molar-refractivity contribution is -0.605. The van der Waals surface area contributed by atoms with Crippen LogP contribution in [0.2, 0.25) is 0 Å². The number of aromatic hydroxyl groups is 1. The molecule has 1 aromatic carbocycles. The van der Waals surface area contributed by atoms with Crippen LogP contribution >= 0.6 is 0 Å². The van der Waals surface area contributed by atoms with E-state index < -0.39 is 0 Å². The minimum atomic E-state index is 0.0569. The molecule has 5 fully saturated rings. The van der Waals surface area contributed by atoms with Gasteiger partial charge in [0.05, 0.1) is 5.56 Å². The van der Waals surface area contributed by atoms with E-state index in [0.717, 1.165) is 43.0 Å². The highest BCUT2D eigenvalue weighted by Crippen LogP contribution is 2.75. The van der Waals surface area contributed by atoms with Crippen molar-refractivity contribution in [2.45, 2.75) is 62.4 Å². The third-order valence-corrected chi connectivity index (χ3v) is 11.1. The maximum atomic E-state index is 13.7. The number of phenolic OH excluding ortho intramolecular Hbond substituents is 1. The van der Waals surface area contributed by atoms with Crippen LogP contribution in [0.5, 0.6) is 5.75 Å². The first kappa shape index (κ1) is 20.6. The highest BCUT2D eigenvalue weighted by Gasteiger charge is 2.76. The molecule has 3 heterocycles. The van der Waals surface area contributed by atoms with Crippen LogP contribution in [0.15, 0.2) is 42.7 Å². The van der Waals surface area contributed by atoms with E-state index in [9.17, 15) is 15.1 Å². The lowest BCUT2D eigenvalue weighted by Crippen LogP contribution is -2.69. The maximum Gasteiger partial charge on any atom is 0.254 e. The Hall–Kier alpha value is -2.60. The molecule has 35 heavy (non-hydrogen) atoms. The molecule has 8 rings (SSSR count). The van der Waals surface area contributed by atoms with Gasteiger partial charge in [-0.15, -0.1) is 0 Å². The van der Waals surface area contributed by atoms with Crippen LogP contribution < -0.4 is 4.73 Å². The van der Waals surface area contributed by atoms with Gasteiger partial charge in [-0.2, -0.15) is 4.73 Å². The van der Waals surface area contributed by atoms with Gasteiger partial charge in [0.25, 0.3) is 5.91 Å². The van der Waals surface area contributed by atoms with Gasteiger partial charge in [0.15, 0.2) is 12.4 Å². The number of fused-ring (bicyclic) bond motifs is 1. The molecule has 182 valence electrons. The second-order valence-electron chi connectivity index (χ2n) is 12.4. The Labute approximate surface area is 206 Å². The Morgan fingerprint density at radius 1 is 1.14 bits per heavy atom. The van der Waals surface area contributed by atoms with Gasteiger partial charge >= 0.3 is 0 Å². The summed E-state index contributed by atoms with van der Waals surface area (Å²) in [5.74, 6) is 2.32. The fourth-order valence-electron chi connectivity index (χ4n) is 9.90. The predicted molar refractivity (Wildman–Crippen MR) is 130 cm³/mol. The van der Waals surface area contributed by atoms with Crippen molar-refractivity contribution >= 4 is 5.91 Å². The average molecular weight is 472 g/mol. The second-order valence-corrected chi connectivity index (χ2v) is 12.4. The number of rotatable bonds is 3. The van der Waals surface area contributed by atoms with Crippen LogP contribution in [0.3, 0.4) is 0 Å². The number of aromatic nitrogens is 1. The van der Waals surface area contributed by atoms with Crippen molar-refractivity contribution in [2.75, 3.05) is 19.6 Å². The fraction of sp³-hybridized carbons (Fsp3) is 0.586. The summed E-state index contributed by atoms with van der Waals surface area (Å²) in [7, 11) is 0. The summed E-state index contributed by atoms with van der Waals surface area (Å²) in [6.45, 7) is 3.23. The number of carbonyl (C=O) groups is 1. The summed E-state index contributed by atoms with van der Waals surface area (Å²) in [6.07, 6.45) is 11.3. The number of amides is 1. The van der Waals surface area contributed by atoms with Crippen LogP contribution in [0.25, 0.3) is 0 Å². The number of phenols is 1. The zero-order chi connectivity index (χ0) is 23.5. The molecule has 1 amide bonds. The monoisotopic (exact) mass is 471 g/mol. The lowest BCUT2D eigenvalue weighted by Gasteiger charge is -2.66. The normalized spacial score (nSPS) is 38.8. The summed E-state index contributed by atoms with van der Waals surface area (Å²) in [6, 6.07) is 10.3. The van der Waals surface area contributed by atoms with Crippen molar-refractivity contribution in [3.63, 3.8) is 0 Å². The van der Waals surface area contributed by atoms with Crippen molar-refractivity contribution in [1.82, 2.24) is 9.80 Å². The first-order valence-electron chi connectivity index (χ1n) is 13.6. The van der Waals surface area contributed by atoms with E-state index in [1.54, 1.807) is 12.1 Å². The molecule has 3 saturated carbocycles. The molecule has 5 unspecified atom stereocenters. The van der Waals surface area contributed by atoms with Gasteiger partial charge in [0, 0.05) is 42.7 Å². The second kappa shape index (κ2) is 6.78. The number of piperidine rings is 1. The molecule has 2 aromatic rings. The summed E-state index contributed by atoms with van der Waals surface area (Å²) in [4.78, 5) is 18.7. The summed E-state index contributed by atoms with van der Waals surface area (Å²) >= 11 is 0. The van der Waals surface area contributed by atoms with E-state index in [2.05, 4.69) is 21.9 Å². The number of hydrogen-bond donors (Lipinski definition) is 1. The first-order chi connectivity index (χ1) is 17.0. The molecule has 6 aliphatic rings. The van der Waals surface area contributed by atoms with Crippen molar-refractivity contribution in [1.29, 1.82) is 0 Å². The molecule has 1 aromatic heterocycles. The van der Waals surface area contributed by atoms with Gasteiger partial charge in [-0.05, 0) is 97.9 Å². The largest absolute Gasteiger partial charge is 0.619 e. The Balaban J connectivity index is 1.23. The van der Waals surface area contributed by atoms with Crippen molar-refractivity contribution < 1.29 is 14.6 Å². The topological polar surface area (TPSA) is 70.7 Å². The molecule has 6 atom stereocenters. The van der Waals surface area contributed by atoms with Gasteiger partial charge in [-0.25, -0.2) is 0 Å². The Morgan fingerprint density at radius 2 is 1.97 bits per heavy atom. The van der Waals surface area contributed by atoms with E-state index in [0.29, 0.717) is 29.2 Å². The highest BCUT2D eigenvalue weighted by molar-refractivity contribution is 5.94. The minimum Gasteiger partial charge on any atom is -0.619 e. The van der Waals surface area contributed by atoms with Gasteiger partial charge in [0.2, 0.25) is 0 Å². The molecular formula is C29H33N3O3. The molecule has 6 nitrogen and oxygen atoms in total. The Kier molecular flexibility index (Phi) is 3.99. The first-order valence-corrected chi connectivity index (χ1v) is 13.6. The van der Waals surface area contributed by atoms with Crippen LogP contribution in [0.4, 0.5) is 0 Å². The smallest absolute Gasteiger partial charge is 0.254 e. The van der Waals surface area contributed by atoms with Crippen molar-refractivity contribution in [3.05, 3.63) is 64.6 Å². The summed E-state index contributed by atoms with van der Waals surface area (Å²) < 4.78 is 0.740. The van der Waals surface area contributed by atoms with Gasteiger partial charge in [-0.3, -0.25) is 9.69 Å². The van der Waals surface area contributed by atoms with Crippen LogP contribution in [-0.4, -0.2) is 52.5 Å². The number of hydrogen-bond acceptors (Lipinski definition) is 4. The molecular weight excluding hydrogens is 438 g/mol. The molecule has 0 spiro atoms. The predicted octanol–water partition coefficient (Wildman–Crippen LogP) is 3.24. The quantitative estimate of drug-likeness (QED) is 0.551. The molecule has 4 bridgehead atoms. The van der Waals surface area contributed by atoms with Crippen molar-refractivity contribution in [3.8, 4) is 5.75 Å². The lowest BCUT2D eigenvalue weighted by atomic mass is 9.43. The Morgan fingerprint density at radius 3 is 2.77 bits per heavy atom. The van der Waals surface area contributed by atoms with Gasteiger partial charge < -0.3 is 15.2 Å². The van der Waals surface area contributed by atoms with E-state index in [4.69, 9.17) is 0 Å². The molecule has 4 aliphatic carbocycles. The standard InChI is InChI=1S/C29H33N3O3/c33-22-4-3-20-13-25-28-8-5-24-26(29(28,23(20)14-22)9-12-30(25)16-18-1-2-18)21(15-28)17-32(24)27(34)19-6-10-31(35)11-7-19/h3-4,6-7,10-11,14,18,21,24-26,33H,1-2,5,8-9,12-13,15-17H2/t21-,24?,25?,26?,28?,29?/m1/s1. The van der Waals surface area contributed by atoms with Gasteiger partial charge in [-0.1, -0.05) is 6.07 Å². The number of carbonyl (C=O) groups excluding carboxylic acids is 1. The third kappa shape index (κ3) is 2.54. The van der Waals surface area contributed by atoms with E-state index in [-0.39, 0.29) is 22.8 Å². The fourth-order valence-corrected chi connectivity index (χ4v) is 9.90. The number of benzene rings is 1. The number of nitrogens with zero attached hydrogens (tertiary/aromatic N) is 3. The molecule has 6 heteroatoms. The van der Waals surface area contributed by atoms with Crippen LogP contribution in [0.1, 0.15) is 60.0 Å². The highest BCUT2D eigenvalue weighted by atomic mass is 16.5. The van der Waals surface area contributed by atoms with Crippen LogP contribution in [-0.2, 0) is 11.8 Å². The summed E-state index contributed by atoms with van der Waals surface area (Å²) in [5.41, 5.74) is 3.77. The summed E-state index contributed by atoms with van der Waals surface area (Å²) in [5, 5.41) is 22.1. The minimum absolute atomic E-state index is 0.0569. The zero-order valence-corrected chi connectivity index (χ0v) is 20.1. The molecule has 1 N–H and O–H groups in total. The zero-order valence-electron chi connectivity index (χ0n) is 20.1. The molecule has 2 saturated heterocycles. The third-order valence-electron chi connectivity index (χ3n) is 11.1. The van der Waals surface area contributed by atoms with Gasteiger partial charge in [0.1, 0.15) is 5.75 Å². The number of pyridine rings is 1. The van der Waals surface area contributed by atoms with Crippen molar-refractivity contribution in [2.24, 2.45) is 23.2 Å². The SMILES string of the molecule is O=C(c1cc[n+]([O-])cc1)N1C[C@H]2CC34CCC1C2C31CCN(CC2CC2)C4Cc2ccc(O)cc21. The molecule has 0 radical (unpaired) electrons. The molecule has 2 aliphatic heterocycles.